The molecule has 27 heavy (non-hydrogen) atoms. The number of nitro groups is 1. The van der Waals surface area contributed by atoms with Gasteiger partial charge in [-0.15, -0.1) is 10.2 Å². The number of sulfone groups is 1. The number of nitro benzene ring substituents is 1. The summed E-state index contributed by atoms with van der Waals surface area (Å²) >= 11 is 0. The molecule has 0 atom stereocenters. The molecule has 1 aromatic heterocycles. The molecule has 2 aliphatic rings. The topological polar surface area (TPSA) is 111 Å². The third kappa shape index (κ3) is 3.53. The van der Waals surface area contributed by atoms with Crippen LogP contribution in [0.15, 0.2) is 29.4 Å². The van der Waals surface area contributed by atoms with Crippen molar-refractivity contribution in [1.29, 1.82) is 0 Å². The highest BCUT2D eigenvalue weighted by Crippen LogP contribution is 2.39. The van der Waals surface area contributed by atoms with Gasteiger partial charge in [0.25, 0.3) is 5.69 Å². The summed E-state index contributed by atoms with van der Waals surface area (Å²) in [5.74, 6) is 1.31. The number of hydrogen-bond acceptors (Lipinski definition) is 7. The average molecular weight is 391 g/mol. The van der Waals surface area contributed by atoms with Gasteiger partial charge in [0.1, 0.15) is 12.2 Å². The van der Waals surface area contributed by atoms with Gasteiger partial charge < -0.3 is 9.47 Å². The van der Waals surface area contributed by atoms with E-state index in [1.807, 2.05) is 4.90 Å². The van der Waals surface area contributed by atoms with Crippen molar-refractivity contribution < 1.29 is 13.3 Å². The van der Waals surface area contributed by atoms with Gasteiger partial charge in [-0.2, -0.15) is 0 Å². The van der Waals surface area contributed by atoms with E-state index in [9.17, 15) is 18.5 Å². The molecule has 1 saturated heterocycles. The lowest BCUT2D eigenvalue weighted by Crippen LogP contribution is -2.34. The van der Waals surface area contributed by atoms with E-state index in [0.717, 1.165) is 31.0 Å². The number of benzene rings is 1. The highest BCUT2D eigenvalue weighted by Gasteiger charge is 2.32. The minimum atomic E-state index is -3.58. The summed E-state index contributed by atoms with van der Waals surface area (Å²) in [6, 6.07) is 4.58. The van der Waals surface area contributed by atoms with Gasteiger partial charge >= 0.3 is 0 Å². The van der Waals surface area contributed by atoms with E-state index < -0.39 is 14.8 Å². The molecule has 0 bridgehead atoms. The first-order valence-electron chi connectivity index (χ1n) is 8.97. The maximum Gasteiger partial charge on any atom is 0.270 e. The summed E-state index contributed by atoms with van der Waals surface area (Å²) in [4.78, 5) is 12.4. The molecule has 2 heterocycles. The monoisotopic (exact) mass is 391 g/mol. The van der Waals surface area contributed by atoms with Crippen LogP contribution in [-0.4, -0.2) is 47.5 Å². The molecule has 1 aliphatic heterocycles. The first-order chi connectivity index (χ1) is 12.8. The average Bonchev–Trinajstić information content (AvgIpc) is 3.37. The lowest BCUT2D eigenvalue weighted by molar-refractivity contribution is -0.385. The van der Waals surface area contributed by atoms with Gasteiger partial charge in [0.2, 0.25) is 0 Å². The second-order valence-electron chi connectivity index (χ2n) is 7.27. The lowest BCUT2D eigenvalue weighted by Gasteiger charge is -2.34. The number of non-ortho nitro benzene ring substituents is 1. The smallest absolute Gasteiger partial charge is 0.270 e. The Morgan fingerprint density at radius 3 is 2.48 bits per heavy atom. The molecular formula is C17H21N5O4S. The minimum absolute atomic E-state index is 0.0105. The maximum absolute atomic E-state index is 12.2. The van der Waals surface area contributed by atoms with E-state index in [0.29, 0.717) is 30.7 Å². The van der Waals surface area contributed by atoms with Crippen molar-refractivity contribution in [2.45, 2.75) is 42.5 Å². The van der Waals surface area contributed by atoms with Gasteiger partial charge in [-0.3, -0.25) is 10.1 Å². The van der Waals surface area contributed by atoms with Gasteiger partial charge in [0.15, 0.2) is 9.84 Å². The van der Waals surface area contributed by atoms with Crippen molar-refractivity contribution in [3.8, 4) is 0 Å². The molecule has 4 rings (SSSR count). The highest BCUT2D eigenvalue weighted by molar-refractivity contribution is 7.90. The molecule has 0 unspecified atom stereocenters. The van der Waals surface area contributed by atoms with Crippen LogP contribution in [0, 0.1) is 10.1 Å². The molecule has 10 heteroatoms. The first-order valence-corrected chi connectivity index (χ1v) is 10.9. The quantitative estimate of drug-likeness (QED) is 0.568. The normalized spacial score (nSPS) is 18.6. The third-order valence-electron chi connectivity index (χ3n) is 5.30. The summed E-state index contributed by atoms with van der Waals surface area (Å²) in [5, 5.41) is 19.4. The summed E-state index contributed by atoms with van der Waals surface area (Å²) < 4.78 is 26.5. The minimum Gasteiger partial charge on any atom is -0.370 e. The van der Waals surface area contributed by atoms with Gasteiger partial charge in [-0.1, -0.05) is 0 Å². The zero-order valence-electron chi connectivity index (χ0n) is 15.0. The van der Waals surface area contributed by atoms with E-state index >= 15 is 0 Å². The first kappa shape index (κ1) is 17.9. The van der Waals surface area contributed by atoms with Crippen LogP contribution in [0.5, 0.6) is 0 Å². The Bertz CT molecular complexity index is 975. The molecule has 1 aromatic carbocycles. The van der Waals surface area contributed by atoms with Gasteiger partial charge in [-0.05, 0) is 31.7 Å². The summed E-state index contributed by atoms with van der Waals surface area (Å²) in [6.45, 7) is 1.34. The van der Waals surface area contributed by atoms with E-state index in [-0.39, 0.29) is 10.6 Å². The second kappa shape index (κ2) is 6.59. The summed E-state index contributed by atoms with van der Waals surface area (Å²) in [6.07, 6.45) is 6.91. The number of hydrogen-bond donors (Lipinski definition) is 0. The third-order valence-corrected chi connectivity index (χ3v) is 6.42. The van der Waals surface area contributed by atoms with Crippen LogP contribution in [0.25, 0.3) is 0 Å². The largest absolute Gasteiger partial charge is 0.370 e. The summed E-state index contributed by atoms with van der Waals surface area (Å²) in [5.41, 5.74) is 0.316. The Hall–Kier alpha value is -2.49. The zero-order chi connectivity index (χ0) is 19.2. The van der Waals surface area contributed by atoms with Gasteiger partial charge in [-0.25, -0.2) is 8.42 Å². The Morgan fingerprint density at radius 1 is 1.19 bits per heavy atom. The van der Waals surface area contributed by atoms with Crippen LogP contribution in [0.3, 0.4) is 0 Å². The lowest BCUT2D eigenvalue weighted by atomic mass is 9.95. The molecule has 1 aliphatic carbocycles. The van der Waals surface area contributed by atoms with Crippen LogP contribution in [0.4, 0.5) is 11.4 Å². The molecule has 0 spiro atoms. The van der Waals surface area contributed by atoms with E-state index in [4.69, 9.17) is 0 Å². The second-order valence-corrected chi connectivity index (χ2v) is 9.25. The molecule has 0 radical (unpaired) electrons. The van der Waals surface area contributed by atoms with E-state index in [2.05, 4.69) is 14.8 Å². The Balaban J connectivity index is 1.56. The van der Waals surface area contributed by atoms with Crippen molar-refractivity contribution >= 4 is 21.2 Å². The van der Waals surface area contributed by atoms with Crippen LogP contribution in [0.2, 0.25) is 0 Å². The fourth-order valence-corrected chi connectivity index (χ4v) is 4.64. The number of aromatic nitrogens is 3. The molecule has 2 aromatic rings. The summed E-state index contributed by atoms with van der Waals surface area (Å²) in [7, 11) is -3.58. The number of anilines is 1. The van der Waals surface area contributed by atoms with Crippen molar-refractivity contribution in [2.24, 2.45) is 0 Å². The van der Waals surface area contributed by atoms with E-state index in [1.165, 1.54) is 18.9 Å². The van der Waals surface area contributed by atoms with Gasteiger partial charge in [0, 0.05) is 43.4 Å². The SMILES string of the molecule is CS(=O)(=O)c1cc([N+](=O)[O-])ccc1N1CCC(c2nncn2C2CC2)CC1. The van der Waals surface area contributed by atoms with Crippen LogP contribution in [-0.2, 0) is 9.84 Å². The number of rotatable bonds is 5. The van der Waals surface area contributed by atoms with Crippen molar-refractivity contribution in [3.05, 3.63) is 40.5 Å². The van der Waals surface area contributed by atoms with Crippen LogP contribution in [0.1, 0.15) is 43.5 Å². The Morgan fingerprint density at radius 2 is 1.89 bits per heavy atom. The molecule has 1 saturated carbocycles. The van der Waals surface area contributed by atoms with Crippen LogP contribution < -0.4 is 4.90 Å². The van der Waals surface area contributed by atoms with Crippen molar-refractivity contribution in [3.63, 3.8) is 0 Å². The standard InChI is InChI=1S/C17H21N5O4S/c1-27(25,26)16-10-14(22(23)24)4-5-15(16)20-8-6-12(7-9-20)17-19-18-11-21(17)13-2-3-13/h4-5,10-13H,2-3,6-9H2,1H3. The molecule has 9 nitrogen and oxygen atoms in total. The number of nitrogens with zero attached hydrogens (tertiary/aromatic N) is 5. The highest BCUT2D eigenvalue weighted by atomic mass is 32.2. The molecule has 0 amide bonds. The van der Waals surface area contributed by atoms with Crippen molar-refractivity contribution in [2.75, 3.05) is 24.2 Å². The van der Waals surface area contributed by atoms with E-state index in [1.54, 1.807) is 12.4 Å². The van der Waals surface area contributed by atoms with Crippen molar-refractivity contribution in [1.82, 2.24) is 14.8 Å². The predicted molar refractivity (Wildman–Crippen MR) is 98.7 cm³/mol. The zero-order valence-corrected chi connectivity index (χ0v) is 15.8. The fourth-order valence-electron chi connectivity index (χ4n) is 3.73. The Kier molecular flexibility index (Phi) is 4.37. The van der Waals surface area contributed by atoms with Gasteiger partial charge in [0.05, 0.1) is 15.5 Å². The maximum atomic E-state index is 12.2. The molecular weight excluding hydrogens is 370 g/mol. The molecule has 2 fully saturated rings. The van der Waals surface area contributed by atoms with Crippen LogP contribution >= 0.6 is 0 Å². The number of piperidine rings is 1. The predicted octanol–water partition coefficient (Wildman–Crippen LogP) is 2.31. The Labute approximate surface area is 157 Å². The molecule has 0 N–H and O–H groups in total. The fraction of sp³-hybridized carbons (Fsp3) is 0.529. The molecule has 144 valence electrons.